The molecule has 0 bridgehead atoms. The van der Waals surface area contributed by atoms with Crippen molar-refractivity contribution in [3.8, 4) is 0 Å². The second-order valence-electron chi connectivity index (χ2n) is 7.58. The van der Waals surface area contributed by atoms with Gasteiger partial charge in [0.05, 0.1) is 11.7 Å². The van der Waals surface area contributed by atoms with Crippen LogP contribution in [0.25, 0.3) is 0 Å². The number of piperidine rings is 1. The van der Waals surface area contributed by atoms with E-state index in [4.69, 9.17) is 0 Å². The van der Waals surface area contributed by atoms with E-state index in [2.05, 4.69) is 19.2 Å². The van der Waals surface area contributed by atoms with Gasteiger partial charge in [-0.25, -0.2) is 12.7 Å². The van der Waals surface area contributed by atoms with E-state index in [9.17, 15) is 13.2 Å². The van der Waals surface area contributed by atoms with Crippen molar-refractivity contribution in [3.05, 3.63) is 35.9 Å². The van der Waals surface area contributed by atoms with Gasteiger partial charge >= 0.3 is 0 Å². The van der Waals surface area contributed by atoms with E-state index in [0.717, 1.165) is 31.2 Å². The van der Waals surface area contributed by atoms with E-state index in [-0.39, 0.29) is 17.6 Å². The predicted octanol–water partition coefficient (Wildman–Crippen LogP) is 2.82. The normalized spacial score (nSPS) is 18.8. The average Bonchev–Trinajstić information content (AvgIpc) is 2.62. The summed E-state index contributed by atoms with van der Waals surface area (Å²) in [6, 6.07) is 9.93. The molecule has 2 rings (SSSR count). The summed E-state index contributed by atoms with van der Waals surface area (Å²) in [5.74, 6) is 0.460. The standard InChI is InChI=1S/C20H32N2O3S/c1-17(2)12-13-21-20(23)19-11-6-14-22(16-19)26(24,25)15-7-10-18-8-4-3-5-9-18/h3-5,8-9,17,19H,6-7,10-16H2,1-2H3,(H,21,23)/t19-/m0/s1. The van der Waals surface area contributed by atoms with Crippen LogP contribution in [0.2, 0.25) is 0 Å². The minimum Gasteiger partial charge on any atom is -0.356 e. The Kier molecular flexibility index (Phi) is 8.10. The van der Waals surface area contributed by atoms with E-state index in [1.807, 2.05) is 30.3 Å². The third kappa shape index (κ3) is 6.72. The minimum absolute atomic E-state index is 0.00478. The molecule has 5 nitrogen and oxygen atoms in total. The van der Waals surface area contributed by atoms with Crippen LogP contribution in [0.4, 0.5) is 0 Å². The molecule has 6 heteroatoms. The maximum Gasteiger partial charge on any atom is 0.224 e. The Balaban J connectivity index is 1.81. The Morgan fingerprint density at radius 1 is 1.27 bits per heavy atom. The van der Waals surface area contributed by atoms with Crippen molar-refractivity contribution in [2.24, 2.45) is 11.8 Å². The zero-order valence-corrected chi connectivity index (χ0v) is 16.8. The molecular formula is C20H32N2O3S. The molecule has 0 radical (unpaired) electrons. The van der Waals surface area contributed by atoms with Crippen molar-refractivity contribution in [2.75, 3.05) is 25.4 Å². The van der Waals surface area contributed by atoms with Gasteiger partial charge in [0.2, 0.25) is 15.9 Å². The van der Waals surface area contributed by atoms with Gasteiger partial charge in [0.15, 0.2) is 0 Å². The number of rotatable bonds is 9. The molecule has 1 aliphatic rings. The van der Waals surface area contributed by atoms with Crippen LogP contribution in [-0.4, -0.2) is 44.0 Å². The van der Waals surface area contributed by atoms with Gasteiger partial charge in [-0.05, 0) is 43.6 Å². The lowest BCUT2D eigenvalue weighted by atomic mass is 9.98. The number of hydrogen-bond donors (Lipinski definition) is 1. The fourth-order valence-electron chi connectivity index (χ4n) is 3.27. The van der Waals surface area contributed by atoms with Crippen LogP contribution in [0.5, 0.6) is 0 Å². The summed E-state index contributed by atoms with van der Waals surface area (Å²) < 4.78 is 26.8. The number of carbonyl (C=O) groups is 1. The Labute approximate surface area is 158 Å². The molecule has 0 saturated carbocycles. The van der Waals surface area contributed by atoms with Crippen LogP contribution in [0.1, 0.15) is 45.1 Å². The fourth-order valence-corrected chi connectivity index (χ4v) is 4.85. The minimum atomic E-state index is -3.30. The summed E-state index contributed by atoms with van der Waals surface area (Å²) in [6.45, 7) is 5.76. The monoisotopic (exact) mass is 380 g/mol. The molecule has 1 fully saturated rings. The van der Waals surface area contributed by atoms with Gasteiger partial charge < -0.3 is 5.32 Å². The third-order valence-electron chi connectivity index (χ3n) is 4.88. The lowest BCUT2D eigenvalue weighted by Crippen LogP contribution is -2.46. The molecule has 1 aromatic carbocycles. The number of amides is 1. The molecule has 1 amide bonds. The van der Waals surface area contributed by atoms with Gasteiger partial charge in [-0.15, -0.1) is 0 Å². The third-order valence-corrected chi connectivity index (χ3v) is 6.80. The summed E-state index contributed by atoms with van der Waals surface area (Å²) in [5.41, 5.74) is 1.16. The Morgan fingerprint density at radius 2 is 2.00 bits per heavy atom. The number of sulfonamides is 1. The summed E-state index contributed by atoms with van der Waals surface area (Å²) in [5, 5.41) is 2.96. The van der Waals surface area contributed by atoms with Crippen molar-refractivity contribution >= 4 is 15.9 Å². The highest BCUT2D eigenvalue weighted by atomic mass is 32.2. The van der Waals surface area contributed by atoms with Crippen molar-refractivity contribution in [1.82, 2.24) is 9.62 Å². The molecule has 0 unspecified atom stereocenters. The molecule has 26 heavy (non-hydrogen) atoms. The van der Waals surface area contributed by atoms with Gasteiger partial charge in [-0.1, -0.05) is 44.2 Å². The van der Waals surface area contributed by atoms with Gasteiger partial charge in [-0.2, -0.15) is 0 Å². The lowest BCUT2D eigenvalue weighted by Gasteiger charge is -2.31. The van der Waals surface area contributed by atoms with Gasteiger partial charge in [0, 0.05) is 19.6 Å². The number of benzene rings is 1. The van der Waals surface area contributed by atoms with Crippen molar-refractivity contribution in [1.29, 1.82) is 0 Å². The van der Waals surface area contributed by atoms with Gasteiger partial charge in [0.25, 0.3) is 0 Å². The summed E-state index contributed by atoms with van der Waals surface area (Å²) in [7, 11) is -3.30. The summed E-state index contributed by atoms with van der Waals surface area (Å²) >= 11 is 0. The number of carbonyl (C=O) groups excluding carboxylic acids is 1. The molecule has 1 N–H and O–H groups in total. The lowest BCUT2D eigenvalue weighted by molar-refractivity contribution is -0.126. The molecule has 0 spiro atoms. The number of aryl methyl sites for hydroxylation is 1. The van der Waals surface area contributed by atoms with Crippen LogP contribution in [0.15, 0.2) is 30.3 Å². The first-order chi connectivity index (χ1) is 12.4. The zero-order chi connectivity index (χ0) is 19.0. The Bertz CT molecular complexity index is 659. The van der Waals surface area contributed by atoms with E-state index in [1.165, 1.54) is 4.31 Å². The fraction of sp³-hybridized carbons (Fsp3) is 0.650. The second kappa shape index (κ2) is 10.1. The topological polar surface area (TPSA) is 66.5 Å². The quantitative estimate of drug-likeness (QED) is 0.716. The van der Waals surface area contributed by atoms with Crippen LogP contribution in [0.3, 0.4) is 0 Å². The molecule has 1 heterocycles. The van der Waals surface area contributed by atoms with Crippen molar-refractivity contribution < 1.29 is 13.2 Å². The van der Waals surface area contributed by atoms with E-state index in [1.54, 1.807) is 0 Å². The van der Waals surface area contributed by atoms with Crippen LogP contribution in [-0.2, 0) is 21.2 Å². The van der Waals surface area contributed by atoms with Gasteiger partial charge in [-0.3, -0.25) is 4.79 Å². The zero-order valence-electron chi connectivity index (χ0n) is 16.0. The van der Waals surface area contributed by atoms with E-state index >= 15 is 0 Å². The van der Waals surface area contributed by atoms with E-state index < -0.39 is 10.0 Å². The second-order valence-corrected chi connectivity index (χ2v) is 9.66. The first kappa shape index (κ1) is 20.9. The highest BCUT2D eigenvalue weighted by molar-refractivity contribution is 7.89. The SMILES string of the molecule is CC(C)CCNC(=O)[C@H]1CCCN(S(=O)(=O)CCCc2ccccc2)C1. The highest BCUT2D eigenvalue weighted by Crippen LogP contribution is 2.20. The average molecular weight is 381 g/mol. The van der Waals surface area contributed by atoms with Crippen LogP contribution >= 0.6 is 0 Å². The predicted molar refractivity (Wildman–Crippen MR) is 105 cm³/mol. The maximum absolute atomic E-state index is 12.6. The largest absolute Gasteiger partial charge is 0.356 e. The van der Waals surface area contributed by atoms with Crippen LogP contribution < -0.4 is 5.32 Å². The van der Waals surface area contributed by atoms with Crippen LogP contribution in [0, 0.1) is 11.8 Å². The van der Waals surface area contributed by atoms with Gasteiger partial charge in [0.1, 0.15) is 0 Å². The molecule has 1 aliphatic heterocycles. The Morgan fingerprint density at radius 3 is 2.69 bits per heavy atom. The smallest absolute Gasteiger partial charge is 0.224 e. The van der Waals surface area contributed by atoms with E-state index in [0.29, 0.717) is 32.0 Å². The van der Waals surface area contributed by atoms with Crippen molar-refractivity contribution in [2.45, 2.75) is 46.0 Å². The molecule has 146 valence electrons. The number of nitrogens with zero attached hydrogens (tertiary/aromatic N) is 1. The number of hydrogen-bond acceptors (Lipinski definition) is 3. The molecule has 0 aliphatic carbocycles. The molecule has 1 saturated heterocycles. The summed E-state index contributed by atoms with van der Waals surface area (Å²) in [6.07, 6.45) is 3.82. The number of nitrogens with one attached hydrogen (secondary N) is 1. The first-order valence-electron chi connectivity index (χ1n) is 9.68. The highest BCUT2D eigenvalue weighted by Gasteiger charge is 2.31. The molecule has 1 atom stereocenters. The van der Waals surface area contributed by atoms with Crippen molar-refractivity contribution in [3.63, 3.8) is 0 Å². The Hall–Kier alpha value is -1.40. The molecule has 1 aromatic rings. The molecule has 0 aromatic heterocycles. The maximum atomic E-state index is 12.6. The molecular weight excluding hydrogens is 348 g/mol. The summed E-state index contributed by atoms with van der Waals surface area (Å²) in [4.78, 5) is 12.3. The first-order valence-corrected chi connectivity index (χ1v) is 11.3.